The number of para-hydroxylation sites is 1. The summed E-state index contributed by atoms with van der Waals surface area (Å²) in [7, 11) is 0. The summed E-state index contributed by atoms with van der Waals surface area (Å²) in [4.78, 5) is 32.2. The molecule has 1 saturated heterocycles. The van der Waals surface area contributed by atoms with Crippen molar-refractivity contribution in [2.24, 2.45) is 0 Å². The van der Waals surface area contributed by atoms with Gasteiger partial charge in [0.2, 0.25) is 5.91 Å². The van der Waals surface area contributed by atoms with E-state index in [-0.39, 0.29) is 29.6 Å². The predicted molar refractivity (Wildman–Crippen MR) is 113 cm³/mol. The number of amides is 1. The molecule has 0 unspecified atom stereocenters. The molecule has 4 rings (SSSR count). The van der Waals surface area contributed by atoms with Crippen LogP contribution in [0.4, 0.5) is 4.39 Å². The number of nitrogens with zero attached hydrogens (tertiary/aromatic N) is 3. The summed E-state index contributed by atoms with van der Waals surface area (Å²) in [6.07, 6.45) is 3.25. The Morgan fingerprint density at radius 3 is 2.52 bits per heavy atom. The van der Waals surface area contributed by atoms with E-state index in [9.17, 15) is 14.0 Å². The second-order valence-corrected chi connectivity index (χ2v) is 8.10. The minimum absolute atomic E-state index is 0.0745. The third-order valence-electron chi connectivity index (χ3n) is 5.11. The van der Waals surface area contributed by atoms with Crippen molar-refractivity contribution in [3.63, 3.8) is 0 Å². The molecule has 1 aromatic heterocycles. The SMILES string of the molecule is O=C(CSc1nc2ccccc2c(=O)n1Cc1ccc(F)cc1)N1CCCCC1. The van der Waals surface area contributed by atoms with Gasteiger partial charge in [0, 0.05) is 13.1 Å². The van der Waals surface area contributed by atoms with Crippen LogP contribution in [0.2, 0.25) is 0 Å². The average molecular weight is 412 g/mol. The number of hydrogen-bond donors (Lipinski definition) is 0. The van der Waals surface area contributed by atoms with Crippen LogP contribution in [0.3, 0.4) is 0 Å². The van der Waals surface area contributed by atoms with Gasteiger partial charge in [-0.05, 0) is 49.1 Å². The van der Waals surface area contributed by atoms with Gasteiger partial charge in [-0.15, -0.1) is 0 Å². The fourth-order valence-electron chi connectivity index (χ4n) is 3.53. The Hall–Kier alpha value is -2.67. The van der Waals surface area contributed by atoms with Crippen molar-refractivity contribution >= 4 is 28.6 Å². The second kappa shape index (κ2) is 8.78. The number of rotatable bonds is 5. The first-order valence-electron chi connectivity index (χ1n) is 9.76. The maximum absolute atomic E-state index is 13.3. The van der Waals surface area contributed by atoms with Crippen molar-refractivity contribution in [3.05, 3.63) is 70.3 Å². The van der Waals surface area contributed by atoms with Crippen LogP contribution in [0.5, 0.6) is 0 Å². The lowest BCUT2D eigenvalue weighted by Gasteiger charge is -2.26. The lowest BCUT2D eigenvalue weighted by atomic mass is 10.1. The number of hydrogen-bond acceptors (Lipinski definition) is 4. The maximum Gasteiger partial charge on any atom is 0.262 e. The van der Waals surface area contributed by atoms with Crippen molar-refractivity contribution in [2.75, 3.05) is 18.8 Å². The van der Waals surface area contributed by atoms with Crippen LogP contribution >= 0.6 is 11.8 Å². The zero-order valence-electron chi connectivity index (χ0n) is 16.0. The fraction of sp³-hybridized carbons (Fsp3) is 0.318. The molecule has 5 nitrogen and oxygen atoms in total. The summed E-state index contributed by atoms with van der Waals surface area (Å²) in [6.45, 7) is 1.87. The molecule has 0 radical (unpaired) electrons. The normalized spacial score (nSPS) is 14.3. The highest BCUT2D eigenvalue weighted by molar-refractivity contribution is 7.99. The Morgan fingerprint density at radius 2 is 1.76 bits per heavy atom. The molecule has 0 spiro atoms. The average Bonchev–Trinajstić information content (AvgIpc) is 2.76. The molecule has 2 aromatic carbocycles. The highest BCUT2D eigenvalue weighted by Gasteiger charge is 2.19. The lowest BCUT2D eigenvalue weighted by molar-refractivity contribution is -0.129. The molecule has 0 N–H and O–H groups in total. The van der Waals surface area contributed by atoms with E-state index in [2.05, 4.69) is 4.98 Å². The van der Waals surface area contributed by atoms with Crippen molar-refractivity contribution in [1.82, 2.24) is 14.5 Å². The molecule has 2 heterocycles. The van der Waals surface area contributed by atoms with Gasteiger partial charge in [0.25, 0.3) is 5.56 Å². The Kier molecular flexibility index (Phi) is 5.94. The van der Waals surface area contributed by atoms with E-state index in [0.29, 0.717) is 16.1 Å². The molecule has 29 heavy (non-hydrogen) atoms. The zero-order valence-corrected chi connectivity index (χ0v) is 16.8. The maximum atomic E-state index is 13.3. The summed E-state index contributed by atoms with van der Waals surface area (Å²) in [5.41, 5.74) is 1.25. The van der Waals surface area contributed by atoms with E-state index < -0.39 is 0 Å². The summed E-state index contributed by atoms with van der Waals surface area (Å²) in [5, 5.41) is 1.03. The standard InChI is InChI=1S/C22H22FN3O2S/c23-17-10-8-16(9-11-17)14-26-21(28)18-6-2-3-7-19(18)24-22(26)29-15-20(27)25-12-4-1-5-13-25/h2-3,6-11H,1,4-5,12-15H2. The Bertz CT molecular complexity index is 1080. The van der Waals surface area contributed by atoms with E-state index in [1.54, 1.807) is 34.9 Å². The topological polar surface area (TPSA) is 55.2 Å². The van der Waals surface area contributed by atoms with Crippen LogP contribution in [0.1, 0.15) is 24.8 Å². The first-order valence-corrected chi connectivity index (χ1v) is 10.7. The molecule has 0 aliphatic carbocycles. The third kappa shape index (κ3) is 4.50. The molecule has 7 heteroatoms. The van der Waals surface area contributed by atoms with Crippen molar-refractivity contribution in [3.8, 4) is 0 Å². The van der Waals surface area contributed by atoms with Crippen molar-refractivity contribution in [1.29, 1.82) is 0 Å². The van der Waals surface area contributed by atoms with E-state index in [0.717, 1.165) is 31.5 Å². The molecule has 1 aliphatic heterocycles. The van der Waals surface area contributed by atoms with Gasteiger partial charge in [-0.2, -0.15) is 0 Å². The Morgan fingerprint density at radius 1 is 1.03 bits per heavy atom. The zero-order chi connectivity index (χ0) is 20.2. The number of carbonyl (C=O) groups excluding carboxylic acids is 1. The first-order chi connectivity index (χ1) is 14.1. The molecule has 1 fully saturated rings. The second-order valence-electron chi connectivity index (χ2n) is 7.16. The molecule has 0 saturated carbocycles. The molecule has 1 amide bonds. The number of thioether (sulfide) groups is 1. The molecular weight excluding hydrogens is 389 g/mol. The molecule has 0 bridgehead atoms. The number of benzene rings is 2. The Balaban J connectivity index is 1.64. The molecular formula is C22H22FN3O2S. The van der Waals surface area contributed by atoms with Gasteiger partial charge in [-0.25, -0.2) is 9.37 Å². The lowest BCUT2D eigenvalue weighted by Crippen LogP contribution is -2.37. The summed E-state index contributed by atoms with van der Waals surface area (Å²) >= 11 is 1.29. The number of carbonyl (C=O) groups is 1. The summed E-state index contributed by atoms with van der Waals surface area (Å²) < 4.78 is 14.8. The van der Waals surface area contributed by atoms with Gasteiger partial charge in [0.1, 0.15) is 5.82 Å². The van der Waals surface area contributed by atoms with E-state index >= 15 is 0 Å². The molecule has 1 aliphatic rings. The van der Waals surface area contributed by atoms with Crippen LogP contribution in [0, 0.1) is 5.82 Å². The number of halogens is 1. The number of fused-ring (bicyclic) bond motifs is 1. The van der Waals surface area contributed by atoms with Gasteiger partial charge in [-0.1, -0.05) is 36.0 Å². The predicted octanol–water partition coefficient (Wildman–Crippen LogP) is 3.69. The number of likely N-dealkylation sites (tertiary alicyclic amines) is 1. The summed E-state index contributed by atoms with van der Waals surface area (Å²) in [5.74, 6) is -0.00122. The van der Waals surface area contributed by atoms with Gasteiger partial charge in [0.15, 0.2) is 5.16 Å². The summed E-state index contributed by atoms with van der Waals surface area (Å²) in [6, 6.07) is 13.3. The van der Waals surface area contributed by atoms with Crippen LogP contribution in [-0.4, -0.2) is 39.2 Å². The van der Waals surface area contributed by atoms with Crippen LogP contribution in [0.15, 0.2) is 58.5 Å². The van der Waals surface area contributed by atoms with Gasteiger partial charge < -0.3 is 4.90 Å². The Labute approximate surface area is 172 Å². The van der Waals surface area contributed by atoms with Crippen LogP contribution < -0.4 is 5.56 Å². The first kappa shape index (κ1) is 19.6. The number of aromatic nitrogens is 2. The third-order valence-corrected chi connectivity index (χ3v) is 6.08. The monoisotopic (exact) mass is 411 g/mol. The van der Waals surface area contributed by atoms with Crippen molar-refractivity contribution < 1.29 is 9.18 Å². The largest absolute Gasteiger partial charge is 0.342 e. The molecule has 0 atom stereocenters. The molecule has 3 aromatic rings. The highest BCUT2D eigenvalue weighted by Crippen LogP contribution is 2.20. The van der Waals surface area contributed by atoms with E-state index in [4.69, 9.17) is 0 Å². The van der Waals surface area contributed by atoms with Crippen LogP contribution in [-0.2, 0) is 11.3 Å². The minimum atomic E-state index is -0.320. The fourth-order valence-corrected chi connectivity index (χ4v) is 4.43. The van der Waals surface area contributed by atoms with E-state index in [1.807, 2.05) is 11.0 Å². The minimum Gasteiger partial charge on any atom is -0.342 e. The molecule has 150 valence electrons. The highest BCUT2D eigenvalue weighted by atomic mass is 32.2. The van der Waals surface area contributed by atoms with Gasteiger partial charge >= 0.3 is 0 Å². The van der Waals surface area contributed by atoms with Gasteiger partial charge in [-0.3, -0.25) is 14.2 Å². The number of piperidine rings is 1. The quantitative estimate of drug-likeness (QED) is 0.475. The van der Waals surface area contributed by atoms with Crippen molar-refractivity contribution in [2.45, 2.75) is 31.0 Å². The van der Waals surface area contributed by atoms with Crippen LogP contribution in [0.25, 0.3) is 10.9 Å². The van der Waals surface area contributed by atoms with E-state index in [1.165, 1.54) is 30.3 Å². The van der Waals surface area contributed by atoms with Gasteiger partial charge in [0.05, 0.1) is 23.2 Å². The smallest absolute Gasteiger partial charge is 0.262 e.